The molecule has 3 aromatic rings. The zero-order valence-corrected chi connectivity index (χ0v) is 15.7. The minimum absolute atomic E-state index is 0.0688. The van der Waals surface area contributed by atoms with E-state index in [1.807, 2.05) is 24.4 Å². The van der Waals surface area contributed by atoms with E-state index in [-0.39, 0.29) is 6.04 Å². The van der Waals surface area contributed by atoms with E-state index < -0.39 is 0 Å². The van der Waals surface area contributed by atoms with Crippen LogP contribution in [-0.4, -0.2) is 18.6 Å². The molecule has 0 fully saturated rings. The Bertz CT molecular complexity index is 908. The van der Waals surface area contributed by atoms with Gasteiger partial charge in [-0.1, -0.05) is 36.4 Å². The summed E-state index contributed by atoms with van der Waals surface area (Å²) in [6.45, 7) is 3.48. The van der Waals surface area contributed by atoms with Crippen molar-refractivity contribution in [3.8, 4) is 11.5 Å². The van der Waals surface area contributed by atoms with Crippen molar-refractivity contribution in [2.75, 3.05) is 13.7 Å². The van der Waals surface area contributed by atoms with Gasteiger partial charge in [0, 0.05) is 12.7 Å². The average molecular weight is 360 g/mol. The van der Waals surface area contributed by atoms with Gasteiger partial charge in [-0.25, -0.2) is 0 Å². The SMILES string of the molecule is COc1cc2c(cc1OCc1ccccc1)C(c1ccc(C)cn1)NCC2. The van der Waals surface area contributed by atoms with Crippen LogP contribution in [0.25, 0.3) is 0 Å². The van der Waals surface area contributed by atoms with E-state index in [1.165, 1.54) is 11.1 Å². The quantitative estimate of drug-likeness (QED) is 0.740. The lowest BCUT2D eigenvalue weighted by atomic mass is 9.91. The molecule has 0 saturated carbocycles. The molecular formula is C23H24N2O2. The van der Waals surface area contributed by atoms with Gasteiger partial charge in [0.2, 0.25) is 0 Å². The van der Waals surface area contributed by atoms with Gasteiger partial charge in [0.15, 0.2) is 11.5 Å². The highest BCUT2D eigenvalue weighted by Crippen LogP contribution is 2.37. The molecule has 4 heteroatoms. The Labute approximate surface area is 160 Å². The Morgan fingerprint density at radius 1 is 1.07 bits per heavy atom. The monoisotopic (exact) mass is 360 g/mol. The topological polar surface area (TPSA) is 43.4 Å². The van der Waals surface area contributed by atoms with Crippen molar-refractivity contribution < 1.29 is 9.47 Å². The highest BCUT2D eigenvalue weighted by atomic mass is 16.5. The third kappa shape index (κ3) is 3.81. The predicted molar refractivity (Wildman–Crippen MR) is 106 cm³/mol. The summed E-state index contributed by atoms with van der Waals surface area (Å²) in [6.07, 6.45) is 2.88. The molecule has 1 unspecified atom stereocenters. The second-order valence-electron chi connectivity index (χ2n) is 6.87. The molecule has 0 radical (unpaired) electrons. The van der Waals surface area contributed by atoms with Crippen LogP contribution in [0.3, 0.4) is 0 Å². The van der Waals surface area contributed by atoms with Crippen molar-refractivity contribution in [2.24, 2.45) is 0 Å². The first-order valence-corrected chi connectivity index (χ1v) is 9.28. The van der Waals surface area contributed by atoms with E-state index in [2.05, 4.69) is 53.6 Å². The molecule has 1 N–H and O–H groups in total. The number of pyridine rings is 1. The largest absolute Gasteiger partial charge is 0.493 e. The van der Waals surface area contributed by atoms with E-state index in [4.69, 9.17) is 9.47 Å². The van der Waals surface area contributed by atoms with Crippen molar-refractivity contribution in [3.63, 3.8) is 0 Å². The van der Waals surface area contributed by atoms with Crippen LogP contribution in [0, 0.1) is 6.92 Å². The number of benzene rings is 2. The summed E-state index contributed by atoms with van der Waals surface area (Å²) in [5, 5.41) is 3.59. The van der Waals surface area contributed by atoms with Crippen molar-refractivity contribution in [2.45, 2.75) is 26.0 Å². The van der Waals surface area contributed by atoms with Crippen LogP contribution in [0.1, 0.15) is 34.0 Å². The molecule has 1 aliphatic heterocycles. The zero-order chi connectivity index (χ0) is 18.6. The van der Waals surface area contributed by atoms with Crippen LogP contribution in [-0.2, 0) is 13.0 Å². The summed E-state index contributed by atoms with van der Waals surface area (Å²) in [7, 11) is 1.69. The lowest BCUT2D eigenvalue weighted by Gasteiger charge is -2.28. The first-order valence-electron chi connectivity index (χ1n) is 9.28. The second kappa shape index (κ2) is 7.80. The van der Waals surface area contributed by atoms with Gasteiger partial charge in [0.1, 0.15) is 6.61 Å². The van der Waals surface area contributed by atoms with E-state index in [0.717, 1.165) is 41.3 Å². The van der Waals surface area contributed by atoms with Crippen LogP contribution >= 0.6 is 0 Å². The van der Waals surface area contributed by atoms with Gasteiger partial charge in [-0.05, 0) is 53.8 Å². The number of ether oxygens (including phenoxy) is 2. The maximum Gasteiger partial charge on any atom is 0.162 e. The van der Waals surface area contributed by atoms with Gasteiger partial charge >= 0.3 is 0 Å². The molecule has 2 aromatic carbocycles. The summed E-state index contributed by atoms with van der Waals surface area (Å²) in [6, 6.07) is 18.7. The van der Waals surface area contributed by atoms with Crippen LogP contribution in [0.5, 0.6) is 11.5 Å². The number of methoxy groups -OCH3 is 1. The summed E-state index contributed by atoms with van der Waals surface area (Å²) in [4.78, 5) is 4.63. The first-order chi connectivity index (χ1) is 13.2. The second-order valence-corrected chi connectivity index (χ2v) is 6.87. The average Bonchev–Trinajstić information content (AvgIpc) is 2.72. The Morgan fingerprint density at radius 3 is 2.67 bits per heavy atom. The Hall–Kier alpha value is -2.85. The third-order valence-corrected chi connectivity index (χ3v) is 4.95. The van der Waals surface area contributed by atoms with E-state index in [1.54, 1.807) is 7.11 Å². The summed E-state index contributed by atoms with van der Waals surface area (Å²) < 4.78 is 11.7. The molecule has 0 amide bonds. The number of aryl methyl sites for hydroxylation is 1. The molecule has 4 rings (SSSR count). The Kier molecular flexibility index (Phi) is 5.07. The highest BCUT2D eigenvalue weighted by Gasteiger charge is 2.25. The molecule has 1 atom stereocenters. The number of rotatable bonds is 5. The fourth-order valence-corrected chi connectivity index (χ4v) is 3.49. The van der Waals surface area contributed by atoms with Crippen molar-refractivity contribution in [1.82, 2.24) is 10.3 Å². The molecule has 1 aliphatic rings. The molecule has 0 aliphatic carbocycles. The van der Waals surface area contributed by atoms with Crippen LogP contribution in [0.2, 0.25) is 0 Å². The maximum absolute atomic E-state index is 6.11. The van der Waals surface area contributed by atoms with Gasteiger partial charge in [0.25, 0.3) is 0 Å². The lowest BCUT2D eigenvalue weighted by Crippen LogP contribution is -2.31. The number of fused-ring (bicyclic) bond motifs is 1. The molecule has 0 bridgehead atoms. The minimum Gasteiger partial charge on any atom is -0.493 e. The fourth-order valence-electron chi connectivity index (χ4n) is 3.49. The van der Waals surface area contributed by atoms with Crippen LogP contribution in [0.15, 0.2) is 60.8 Å². The van der Waals surface area contributed by atoms with Crippen molar-refractivity contribution >= 4 is 0 Å². The van der Waals surface area contributed by atoms with Gasteiger partial charge in [0.05, 0.1) is 18.8 Å². The zero-order valence-electron chi connectivity index (χ0n) is 15.7. The summed E-state index contributed by atoms with van der Waals surface area (Å²) in [5.41, 5.74) is 5.82. The van der Waals surface area contributed by atoms with E-state index in [0.29, 0.717) is 6.61 Å². The maximum atomic E-state index is 6.11. The Morgan fingerprint density at radius 2 is 1.93 bits per heavy atom. The number of aromatic nitrogens is 1. The van der Waals surface area contributed by atoms with Crippen LogP contribution < -0.4 is 14.8 Å². The molecule has 4 nitrogen and oxygen atoms in total. The number of nitrogens with zero attached hydrogens (tertiary/aromatic N) is 1. The number of nitrogens with one attached hydrogen (secondary N) is 1. The molecule has 0 saturated heterocycles. The van der Waals surface area contributed by atoms with Crippen molar-refractivity contribution in [1.29, 1.82) is 0 Å². The van der Waals surface area contributed by atoms with Crippen LogP contribution in [0.4, 0.5) is 0 Å². The standard InChI is InChI=1S/C23H24N2O2/c1-16-8-9-20(25-14-16)23-19-13-22(27-15-17-6-4-3-5-7-17)21(26-2)12-18(19)10-11-24-23/h3-9,12-14,23-24H,10-11,15H2,1-2H3. The van der Waals surface area contributed by atoms with Crippen molar-refractivity contribution in [3.05, 3.63) is 88.7 Å². The smallest absolute Gasteiger partial charge is 0.162 e. The van der Waals surface area contributed by atoms with E-state index >= 15 is 0 Å². The van der Waals surface area contributed by atoms with E-state index in [9.17, 15) is 0 Å². The molecular weight excluding hydrogens is 336 g/mol. The van der Waals surface area contributed by atoms with Gasteiger partial charge in [-0.15, -0.1) is 0 Å². The molecule has 1 aromatic heterocycles. The predicted octanol–water partition coefficient (Wildman–Crippen LogP) is 4.21. The fraction of sp³-hybridized carbons (Fsp3) is 0.261. The number of hydrogen-bond acceptors (Lipinski definition) is 4. The summed E-state index contributed by atoms with van der Waals surface area (Å²) >= 11 is 0. The molecule has 138 valence electrons. The molecule has 2 heterocycles. The Balaban J connectivity index is 1.66. The van der Waals surface area contributed by atoms with Gasteiger partial charge in [-0.2, -0.15) is 0 Å². The lowest BCUT2D eigenvalue weighted by molar-refractivity contribution is 0.283. The minimum atomic E-state index is 0.0688. The highest BCUT2D eigenvalue weighted by molar-refractivity contribution is 5.51. The molecule has 0 spiro atoms. The first kappa shape index (κ1) is 17.6. The van der Waals surface area contributed by atoms with Gasteiger partial charge < -0.3 is 14.8 Å². The third-order valence-electron chi connectivity index (χ3n) is 4.95. The van der Waals surface area contributed by atoms with Gasteiger partial charge in [-0.3, -0.25) is 4.98 Å². The summed E-state index contributed by atoms with van der Waals surface area (Å²) in [5.74, 6) is 1.54. The normalized spacial score (nSPS) is 15.9. The number of hydrogen-bond donors (Lipinski definition) is 1. The molecule has 27 heavy (non-hydrogen) atoms.